The maximum absolute atomic E-state index is 12.0. The molecule has 0 aliphatic heterocycles. The van der Waals surface area contributed by atoms with Gasteiger partial charge < -0.3 is 4.74 Å². The third-order valence-corrected chi connectivity index (χ3v) is 3.09. The molecule has 0 spiro atoms. The second kappa shape index (κ2) is 8.52. The summed E-state index contributed by atoms with van der Waals surface area (Å²) >= 11 is 0. The molecule has 0 aromatic heterocycles. The van der Waals surface area contributed by atoms with Crippen LogP contribution in [0.4, 0.5) is 0 Å². The van der Waals surface area contributed by atoms with Gasteiger partial charge in [-0.05, 0) is 31.9 Å². The second-order valence-electron chi connectivity index (χ2n) is 4.84. The van der Waals surface area contributed by atoms with Gasteiger partial charge in [-0.25, -0.2) is 0 Å². The third-order valence-electron chi connectivity index (χ3n) is 3.09. The van der Waals surface area contributed by atoms with Crippen molar-refractivity contribution in [2.75, 3.05) is 0 Å². The molecule has 0 aliphatic carbocycles. The van der Waals surface area contributed by atoms with Crippen LogP contribution >= 0.6 is 0 Å². The minimum atomic E-state index is -0.215. The quantitative estimate of drug-likeness (QED) is 0.411. The van der Waals surface area contributed by atoms with Crippen molar-refractivity contribution in [3.63, 3.8) is 0 Å². The number of ether oxygens (including phenoxy) is 1. The first-order valence-electron chi connectivity index (χ1n) is 7.07. The van der Waals surface area contributed by atoms with Crippen LogP contribution in [-0.4, -0.2) is 12.1 Å². The number of benzene rings is 1. The normalized spacial score (nSPS) is 14.3. The van der Waals surface area contributed by atoms with Crippen LogP contribution in [0.15, 0.2) is 42.5 Å². The van der Waals surface area contributed by atoms with Gasteiger partial charge in [-0.15, -0.1) is 0 Å². The fourth-order valence-corrected chi connectivity index (χ4v) is 1.81. The fraction of sp³-hybridized carbons (Fsp3) is 0.471. The zero-order valence-corrected chi connectivity index (χ0v) is 12.1. The van der Waals surface area contributed by atoms with Crippen LogP contribution in [0.25, 0.3) is 0 Å². The molecule has 0 saturated heterocycles. The molecular weight excluding hydrogens is 236 g/mol. The summed E-state index contributed by atoms with van der Waals surface area (Å²) in [5, 5.41) is 0. The third kappa shape index (κ3) is 5.73. The van der Waals surface area contributed by atoms with Crippen LogP contribution in [0.1, 0.15) is 51.5 Å². The van der Waals surface area contributed by atoms with E-state index >= 15 is 0 Å². The first kappa shape index (κ1) is 15.5. The van der Waals surface area contributed by atoms with Crippen LogP contribution in [0.5, 0.6) is 0 Å². The Kier molecular flexibility index (Phi) is 6.94. The average Bonchev–Trinajstić information content (AvgIpc) is 2.43. The number of rotatable bonds is 7. The number of unbranched alkanes of at least 4 members (excludes halogenated alkanes) is 2. The SMILES string of the molecule is CCCC/C=C/C(C)OC(=O)C(C)c1ccccc1. The van der Waals surface area contributed by atoms with Gasteiger partial charge in [0.1, 0.15) is 6.10 Å². The van der Waals surface area contributed by atoms with Crippen LogP contribution in [0.3, 0.4) is 0 Å². The Labute approximate surface area is 116 Å². The van der Waals surface area contributed by atoms with E-state index in [-0.39, 0.29) is 18.0 Å². The lowest BCUT2D eigenvalue weighted by Gasteiger charge is -2.14. The molecule has 1 aromatic carbocycles. The summed E-state index contributed by atoms with van der Waals surface area (Å²) in [4.78, 5) is 12.0. The maximum Gasteiger partial charge on any atom is 0.313 e. The molecule has 1 aromatic rings. The number of carbonyl (C=O) groups is 1. The first-order chi connectivity index (χ1) is 9.15. The van der Waals surface area contributed by atoms with Crippen molar-refractivity contribution in [1.29, 1.82) is 0 Å². The molecule has 104 valence electrons. The highest BCUT2D eigenvalue weighted by molar-refractivity contribution is 5.77. The zero-order valence-electron chi connectivity index (χ0n) is 12.1. The Morgan fingerprint density at radius 3 is 2.58 bits per heavy atom. The number of esters is 1. The van der Waals surface area contributed by atoms with Crippen molar-refractivity contribution < 1.29 is 9.53 Å². The Morgan fingerprint density at radius 2 is 1.95 bits per heavy atom. The van der Waals surface area contributed by atoms with E-state index in [2.05, 4.69) is 13.0 Å². The highest BCUT2D eigenvalue weighted by Crippen LogP contribution is 2.17. The largest absolute Gasteiger partial charge is 0.458 e. The Morgan fingerprint density at radius 1 is 1.26 bits per heavy atom. The maximum atomic E-state index is 12.0. The van der Waals surface area contributed by atoms with E-state index in [1.807, 2.05) is 50.3 Å². The van der Waals surface area contributed by atoms with E-state index in [1.165, 1.54) is 12.8 Å². The van der Waals surface area contributed by atoms with Crippen molar-refractivity contribution in [2.24, 2.45) is 0 Å². The predicted octanol–water partition coefficient (Wildman–Crippen LogP) is 4.47. The Balaban J connectivity index is 2.44. The molecule has 2 heteroatoms. The molecule has 0 N–H and O–H groups in total. The lowest BCUT2D eigenvalue weighted by molar-refractivity contribution is -0.147. The summed E-state index contributed by atoms with van der Waals surface area (Å²) in [6.07, 6.45) is 7.31. The van der Waals surface area contributed by atoms with Gasteiger partial charge in [-0.2, -0.15) is 0 Å². The minimum absolute atomic E-state index is 0.157. The van der Waals surface area contributed by atoms with Crippen LogP contribution in [0.2, 0.25) is 0 Å². The highest BCUT2D eigenvalue weighted by atomic mass is 16.5. The molecule has 0 bridgehead atoms. The molecule has 0 saturated carbocycles. The highest BCUT2D eigenvalue weighted by Gasteiger charge is 2.17. The summed E-state index contributed by atoms with van der Waals surface area (Å²) in [6, 6.07) is 9.72. The van der Waals surface area contributed by atoms with Gasteiger partial charge in [0, 0.05) is 0 Å². The van der Waals surface area contributed by atoms with Gasteiger partial charge in [-0.3, -0.25) is 4.79 Å². The summed E-state index contributed by atoms with van der Waals surface area (Å²) < 4.78 is 5.42. The number of allylic oxidation sites excluding steroid dienone is 1. The number of hydrogen-bond acceptors (Lipinski definition) is 2. The minimum Gasteiger partial charge on any atom is -0.458 e. The second-order valence-corrected chi connectivity index (χ2v) is 4.84. The van der Waals surface area contributed by atoms with Crippen molar-refractivity contribution in [3.8, 4) is 0 Å². The summed E-state index contributed by atoms with van der Waals surface area (Å²) in [5.41, 5.74) is 0.995. The topological polar surface area (TPSA) is 26.3 Å². The van der Waals surface area contributed by atoms with E-state index in [9.17, 15) is 4.79 Å². The average molecular weight is 260 g/mol. The lowest BCUT2D eigenvalue weighted by atomic mass is 10.0. The first-order valence-corrected chi connectivity index (χ1v) is 7.07. The van der Waals surface area contributed by atoms with Crippen molar-refractivity contribution in [2.45, 2.75) is 52.1 Å². The zero-order chi connectivity index (χ0) is 14.1. The molecule has 0 radical (unpaired) electrons. The molecule has 0 amide bonds. The smallest absolute Gasteiger partial charge is 0.313 e. The van der Waals surface area contributed by atoms with Gasteiger partial charge in [0.25, 0.3) is 0 Å². The number of carbonyl (C=O) groups excluding carboxylic acids is 1. The molecule has 2 atom stereocenters. The van der Waals surface area contributed by atoms with Gasteiger partial charge in [0.15, 0.2) is 0 Å². The van der Waals surface area contributed by atoms with E-state index in [0.29, 0.717) is 0 Å². The molecule has 2 unspecified atom stereocenters. The molecule has 2 nitrogen and oxygen atoms in total. The molecular formula is C17H24O2. The van der Waals surface area contributed by atoms with Crippen LogP contribution in [-0.2, 0) is 9.53 Å². The van der Waals surface area contributed by atoms with Gasteiger partial charge in [0.2, 0.25) is 0 Å². The van der Waals surface area contributed by atoms with Gasteiger partial charge in [0.05, 0.1) is 5.92 Å². The molecule has 0 fully saturated rings. The van der Waals surface area contributed by atoms with E-state index < -0.39 is 0 Å². The van der Waals surface area contributed by atoms with Crippen LogP contribution in [0, 0.1) is 0 Å². The van der Waals surface area contributed by atoms with Crippen molar-refractivity contribution in [1.82, 2.24) is 0 Å². The number of hydrogen-bond donors (Lipinski definition) is 0. The summed E-state index contributed by atoms with van der Waals surface area (Å²) in [5.74, 6) is -0.383. The lowest BCUT2D eigenvalue weighted by Crippen LogP contribution is -2.18. The van der Waals surface area contributed by atoms with Crippen molar-refractivity contribution >= 4 is 5.97 Å². The molecule has 0 aliphatic rings. The summed E-state index contributed by atoms with van der Waals surface area (Å²) in [7, 11) is 0. The monoisotopic (exact) mass is 260 g/mol. The fourth-order valence-electron chi connectivity index (χ4n) is 1.81. The van der Waals surface area contributed by atoms with Crippen LogP contribution < -0.4 is 0 Å². The van der Waals surface area contributed by atoms with E-state index in [4.69, 9.17) is 4.74 Å². The Hall–Kier alpha value is -1.57. The van der Waals surface area contributed by atoms with E-state index in [1.54, 1.807) is 0 Å². The predicted molar refractivity (Wildman–Crippen MR) is 79.1 cm³/mol. The van der Waals surface area contributed by atoms with Gasteiger partial charge in [-0.1, -0.05) is 56.2 Å². The standard InChI is InChI=1S/C17H24O2/c1-4-5-6-8-11-14(2)19-17(18)15(3)16-12-9-7-10-13-16/h7-15H,4-6H2,1-3H3/b11-8+. The molecule has 1 rings (SSSR count). The Bertz CT molecular complexity index is 395. The summed E-state index contributed by atoms with van der Waals surface area (Å²) in [6.45, 7) is 5.95. The van der Waals surface area contributed by atoms with Crippen molar-refractivity contribution in [3.05, 3.63) is 48.0 Å². The van der Waals surface area contributed by atoms with E-state index in [0.717, 1.165) is 12.0 Å². The van der Waals surface area contributed by atoms with Gasteiger partial charge >= 0.3 is 5.97 Å². The molecule has 19 heavy (non-hydrogen) atoms. The molecule has 0 heterocycles.